The van der Waals surface area contributed by atoms with E-state index in [9.17, 15) is 0 Å². The third-order valence-electron chi connectivity index (χ3n) is 0. The van der Waals surface area contributed by atoms with Gasteiger partial charge in [0.15, 0.2) is 0 Å². The molecule has 0 amide bonds. The maximum absolute atomic E-state index is 8.33. The molecule has 40 valence electrons. The molecule has 0 aromatic carbocycles. The zero-order chi connectivity index (χ0) is 5.58. The van der Waals surface area contributed by atoms with Crippen molar-refractivity contribution in [2.24, 2.45) is 0 Å². The van der Waals surface area contributed by atoms with Crippen LogP contribution in [0.15, 0.2) is 0 Å². The fourth-order valence-electron chi connectivity index (χ4n) is 0. The number of rotatable bonds is 0. The van der Waals surface area contributed by atoms with Crippen LogP contribution in [0.5, 0.6) is 0 Å². The first-order chi connectivity index (χ1) is 2.73. The molecular weight excluding hydrogens is 200 g/mol. The van der Waals surface area contributed by atoms with Gasteiger partial charge in [0, 0.05) is 0 Å². The fourth-order valence-corrected chi connectivity index (χ4v) is 0. The van der Waals surface area contributed by atoms with Crippen LogP contribution < -0.4 is 10.2 Å². The van der Waals surface area contributed by atoms with Gasteiger partial charge in [0.2, 0.25) is 0 Å². The number of carbonyl (C=O) groups excluding carboxylic acids is 1. The van der Waals surface area contributed by atoms with Gasteiger partial charge >= 0.3 is 38.8 Å². The quantitative estimate of drug-likeness (QED) is 0.402. The van der Waals surface area contributed by atoms with E-state index in [2.05, 4.69) is 15.4 Å². The predicted molar refractivity (Wildman–Crippen MR) is 6.08 cm³/mol. The van der Waals surface area contributed by atoms with Gasteiger partial charge < -0.3 is 15.0 Å². The minimum Gasteiger partial charge on any atom is 2.00 e. The molecule has 0 aliphatic heterocycles. The summed E-state index contributed by atoms with van der Waals surface area (Å²) in [6, 6.07) is 0. The Labute approximate surface area is 60.2 Å². The Kier molecular flexibility index (Phi) is 36.7. The van der Waals surface area contributed by atoms with Crippen molar-refractivity contribution in [3.05, 3.63) is 0 Å². The fraction of sp³-hybridized carbons (Fsp3) is 0. The van der Waals surface area contributed by atoms with E-state index in [0.717, 1.165) is 0 Å². The van der Waals surface area contributed by atoms with Crippen LogP contribution in [0.25, 0.3) is 0 Å². The maximum atomic E-state index is 8.33. The minimum atomic E-state index is -2.33. The molecule has 0 atom stereocenters. The van der Waals surface area contributed by atoms with Gasteiger partial charge in [-0.3, -0.25) is 0 Å². The largest absolute Gasteiger partial charge is 2.00 e. The van der Waals surface area contributed by atoms with Crippen molar-refractivity contribution in [2.75, 3.05) is 0 Å². The number of carbonyl (C=O) groups is 1. The molecule has 0 unspecified atom stereocenters. The molecule has 0 aromatic rings. The number of hydrogen-bond donors (Lipinski definition) is 0. The summed E-state index contributed by atoms with van der Waals surface area (Å²) in [5.41, 5.74) is 0. The zero-order valence-electron chi connectivity index (χ0n) is 3.16. The van der Waals surface area contributed by atoms with Crippen molar-refractivity contribution in [2.45, 2.75) is 0 Å². The Morgan fingerprint density at radius 1 is 1.29 bits per heavy atom. The van der Waals surface area contributed by atoms with Gasteiger partial charge in [-0.2, -0.15) is 0 Å². The molecule has 0 aromatic heterocycles. The van der Waals surface area contributed by atoms with Crippen molar-refractivity contribution in [3.8, 4) is 0 Å². The third-order valence-corrected chi connectivity index (χ3v) is 0. The summed E-state index contributed by atoms with van der Waals surface area (Å²) in [5, 5.41) is 16.7. The minimum absolute atomic E-state index is 0. The molecule has 0 radical (unpaired) electrons. The molecule has 0 spiro atoms. The van der Waals surface area contributed by atoms with Gasteiger partial charge in [-0.1, -0.05) is 0 Å². The van der Waals surface area contributed by atoms with Gasteiger partial charge in [0.1, 0.15) is 0 Å². The SMILES string of the molecule is O=C([O-])[O-].[O]=[Ni].[Zn+2]. The summed E-state index contributed by atoms with van der Waals surface area (Å²) in [5.74, 6) is 0. The molecule has 0 saturated heterocycles. The Bertz CT molecular complexity index is 43.0. The topological polar surface area (TPSA) is 80.3 Å². The average molecular weight is 200 g/mol. The van der Waals surface area contributed by atoms with E-state index in [1.165, 1.54) is 0 Å². The van der Waals surface area contributed by atoms with E-state index in [4.69, 9.17) is 18.9 Å². The normalized spacial score (nSPS) is 4.29. The van der Waals surface area contributed by atoms with E-state index < -0.39 is 6.16 Å². The Hall–Kier alpha value is 0.187. The van der Waals surface area contributed by atoms with Crippen LogP contribution in [-0.2, 0) is 38.8 Å². The van der Waals surface area contributed by atoms with Crippen LogP contribution in [0, 0.1) is 0 Å². The first-order valence-electron chi connectivity index (χ1n) is 0.741. The first-order valence-corrected chi connectivity index (χ1v) is 1.14. The van der Waals surface area contributed by atoms with Crippen molar-refractivity contribution in [3.63, 3.8) is 0 Å². The van der Waals surface area contributed by atoms with Gasteiger partial charge in [-0.15, -0.1) is 0 Å². The van der Waals surface area contributed by atoms with Gasteiger partial charge in [0.25, 0.3) is 0 Å². The summed E-state index contributed by atoms with van der Waals surface area (Å²) in [6.07, 6.45) is -2.33. The second kappa shape index (κ2) is 16.4. The van der Waals surface area contributed by atoms with Crippen LogP contribution in [0.3, 0.4) is 0 Å². The van der Waals surface area contributed by atoms with Gasteiger partial charge in [-0.05, 0) is 6.16 Å². The molecular formula is CNiO4Zn. The standard InChI is InChI=1S/CH2O3.Ni.O.Zn/c2-1(3)4;;;/h(H2,2,3,4);;;/q;;;+2/p-2. The molecule has 0 rings (SSSR count). The monoisotopic (exact) mass is 198 g/mol. The molecule has 4 nitrogen and oxygen atoms in total. The Morgan fingerprint density at radius 2 is 1.29 bits per heavy atom. The number of hydrogen-bond acceptors (Lipinski definition) is 4. The molecule has 0 fully saturated rings. The van der Waals surface area contributed by atoms with E-state index in [1.807, 2.05) is 0 Å². The van der Waals surface area contributed by atoms with Crippen LogP contribution in [-0.4, -0.2) is 6.16 Å². The van der Waals surface area contributed by atoms with E-state index in [1.54, 1.807) is 0 Å². The van der Waals surface area contributed by atoms with E-state index >= 15 is 0 Å². The molecule has 6 heteroatoms. The van der Waals surface area contributed by atoms with Crippen LogP contribution >= 0.6 is 0 Å². The van der Waals surface area contributed by atoms with Crippen LogP contribution in [0.2, 0.25) is 0 Å². The average Bonchev–Trinajstić information content (AvgIpc) is 1.41. The summed E-state index contributed by atoms with van der Waals surface area (Å²) in [6.45, 7) is 0. The summed E-state index contributed by atoms with van der Waals surface area (Å²) < 4.78 is 7.88. The zero-order valence-corrected chi connectivity index (χ0v) is 7.11. The van der Waals surface area contributed by atoms with Gasteiger partial charge in [-0.25, -0.2) is 0 Å². The molecule has 0 heterocycles. The molecule has 0 saturated carbocycles. The summed E-state index contributed by atoms with van der Waals surface area (Å²) in [7, 11) is 0. The van der Waals surface area contributed by atoms with Crippen molar-refractivity contribution in [1.29, 1.82) is 0 Å². The maximum Gasteiger partial charge on any atom is 2.00 e. The van der Waals surface area contributed by atoms with Crippen LogP contribution in [0.1, 0.15) is 0 Å². The Morgan fingerprint density at radius 3 is 1.29 bits per heavy atom. The summed E-state index contributed by atoms with van der Waals surface area (Å²) >= 11 is 2.62. The number of carboxylic acid groups (broad SMARTS) is 2. The molecule has 0 aliphatic carbocycles. The Balaban J connectivity index is -0.0000000480. The first kappa shape index (κ1) is 15.7. The molecule has 0 N–H and O–H groups in total. The van der Waals surface area contributed by atoms with Crippen LogP contribution in [0.4, 0.5) is 4.79 Å². The van der Waals surface area contributed by atoms with Crippen molar-refractivity contribution >= 4 is 6.16 Å². The third kappa shape index (κ3) is 3110. The predicted octanol–water partition coefficient (Wildman–Crippen LogP) is -2.57. The molecule has 7 heavy (non-hydrogen) atoms. The van der Waals surface area contributed by atoms with E-state index in [0.29, 0.717) is 0 Å². The second-order valence-electron chi connectivity index (χ2n) is 0.250. The second-order valence-corrected chi connectivity index (χ2v) is 0.250. The van der Waals surface area contributed by atoms with Gasteiger partial charge in [0.05, 0.1) is 0 Å². The van der Waals surface area contributed by atoms with E-state index in [-0.39, 0.29) is 19.5 Å². The smallest absolute Gasteiger partial charge is 2.00 e. The molecule has 0 aliphatic rings. The molecule has 0 bridgehead atoms. The van der Waals surface area contributed by atoms with Crippen molar-refractivity contribution < 1.29 is 53.8 Å². The summed E-state index contributed by atoms with van der Waals surface area (Å²) in [4.78, 5) is 8.33. The van der Waals surface area contributed by atoms with Crippen molar-refractivity contribution in [1.82, 2.24) is 0 Å².